The van der Waals surface area contributed by atoms with Crippen molar-refractivity contribution in [2.75, 3.05) is 6.54 Å². The van der Waals surface area contributed by atoms with Crippen molar-refractivity contribution >= 4 is 41.4 Å². The van der Waals surface area contributed by atoms with Crippen LogP contribution in [0.15, 0.2) is 0 Å². The number of aliphatic carboxylic acids is 1. The molecule has 0 radical (unpaired) electrons. The number of carboxylic acid groups (broad SMARTS) is 1. The van der Waals surface area contributed by atoms with Crippen LogP contribution in [-0.4, -0.2) is 71.2 Å². The van der Waals surface area contributed by atoms with E-state index >= 15 is 0 Å². The zero-order valence-electron chi connectivity index (χ0n) is 16.6. The molecule has 15 nitrogen and oxygen atoms in total. The lowest BCUT2D eigenvalue weighted by molar-refractivity contribution is -0.142. The molecular weight excluding hydrogens is 418 g/mol. The Morgan fingerprint density at radius 1 is 0.742 bits per heavy atom. The molecule has 15 heteroatoms. The summed E-state index contributed by atoms with van der Waals surface area (Å²) in [5.74, 6) is -6.58. The van der Waals surface area contributed by atoms with Crippen molar-refractivity contribution in [3.05, 3.63) is 0 Å². The van der Waals surface area contributed by atoms with Crippen LogP contribution in [0.1, 0.15) is 32.1 Å². The quantitative estimate of drug-likeness (QED) is 0.119. The first kappa shape index (κ1) is 27.2. The summed E-state index contributed by atoms with van der Waals surface area (Å²) in [7, 11) is 0. The molecule has 0 heterocycles. The summed E-state index contributed by atoms with van der Waals surface area (Å²) in [4.78, 5) is 80.0. The molecule has 0 bridgehead atoms. The predicted molar refractivity (Wildman–Crippen MR) is 103 cm³/mol. The SMILES string of the molecule is NC(=O)CCC(N)C(=O)NCC(=O)NC(CC(N)=O)C(=O)NC(CCC(N)=O)C(=O)O. The van der Waals surface area contributed by atoms with Crippen LogP contribution < -0.4 is 38.9 Å². The van der Waals surface area contributed by atoms with Gasteiger partial charge in [0.25, 0.3) is 0 Å². The minimum absolute atomic E-state index is 0.0443. The van der Waals surface area contributed by atoms with Crippen molar-refractivity contribution in [2.45, 2.75) is 50.2 Å². The molecular formula is C16H27N7O8. The van der Waals surface area contributed by atoms with Crippen LogP contribution in [0.5, 0.6) is 0 Å². The number of nitrogens with two attached hydrogens (primary N) is 4. The number of rotatable bonds is 15. The van der Waals surface area contributed by atoms with E-state index in [1.54, 1.807) is 0 Å². The maximum absolute atomic E-state index is 12.3. The fourth-order valence-electron chi connectivity index (χ4n) is 2.20. The number of nitrogens with one attached hydrogen (secondary N) is 3. The highest BCUT2D eigenvalue weighted by Gasteiger charge is 2.28. The van der Waals surface area contributed by atoms with E-state index in [2.05, 4.69) is 16.0 Å². The standard InChI is InChI=1S/C16H27N7O8/c17-7(1-3-10(18)24)14(28)21-6-13(27)22-9(5-12(20)26)15(29)23-8(16(30)31)2-4-11(19)25/h7-9H,1-6,17H2,(H2,18,24)(H2,19,25)(H2,20,26)(H,21,28)(H,22,27)(H,23,29)(H,30,31). The molecule has 6 amide bonds. The number of hydrogen-bond acceptors (Lipinski definition) is 8. The molecule has 3 unspecified atom stereocenters. The van der Waals surface area contributed by atoms with E-state index in [4.69, 9.17) is 28.0 Å². The first-order valence-electron chi connectivity index (χ1n) is 9.04. The summed E-state index contributed by atoms with van der Waals surface area (Å²) in [6.07, 6.45) is -1.48. The third kappa shape index (κ3) is 12.4. The smallest absolute Gasteiger partial charge is 0.326 e. The average molecular weight is 445 g/mol. The lowest BCUT2D eigenvalue weighted by atomic mass is 10.1. The van der Waals surface area contributed by atoms with Crippen LogP contribution in [0.2, 0.25) is 0 Å². The Bertz CT molecular complexity index is 727. The van der Waals surface area contributed by atoms with E-state index in [1.165, 1.54) is 0 Å². The van der Waals surface area contributed by atoms with Gasteiger partial charge in [0.2, 0.25) is 35.4 Å². The molecule has 0 fully saturated rings. The molecule has 0 saturated heterocycles. The molecule has 0 aliphatic carbocycles. The van der Waals surface area contributed by atoms with Gasteiger partial charge in [0.15, 0.2) is 0 Å². The zero-order valence-corrected chi connectivity index (χ0v) is 16.6. The van der Waals surface area contributed by atoms with Gasteiger partial charge in [0.1, 0.15) is 12.1 Å². The summed E-state index contributed by atoms with van der Waals surface area (Å²) in [6, 6.07) is -4.15. The minimum atomic E-state index is -1.54. The predicted octanol–water partition coefficient (Wildman–Crippen LogP) is -5.11. The third-order valence-electron chi connectivity index (χ3n) is 3.81. The summed E-state index contributed by atoms with van der Waals surface area (Å²) in [5.41, 5.74) is 20.5. The van der Waals surface area contributed by atoms with Crippen LogP contribution in [0, 0.1) is 0 Å². The first-order valence-corrected chi connectivity index (χ1v) is 9.04. The van der Waals surface area contributed by atoms with Gasteiger partial charge in [-0.3, -0.25) is 28.8 Å². The van der Waals surface area contributed by atoms with E-state index in [1.807, 2.05) is 0 Å². The molecule has 0 spiro atoms. The average Bonchev–Trinajstić information content (AvgIpc) is 2.65. The van der Waals surface area contributed by atoms with Crippen molar-refractivity contribution in [3.8, 4) is 0 Å². The van der Waals surface area contributed by atoms with E-state index in [-0.39, 0.29) is 25.7 Å². The van der Waals surface area contributed by atoms with E-state index in [9.17, 15) is 33.6 Å². The normalized spacial score (nSPS) is 13.2. The van der Waals surface area contributed by atoms with Gasteiger partial charge >= 0.3 is 5.97 Å². The maximum Gasteiger partial charge on any atom is 0.326 e. The number of carbonyl (C=O) groups excluding carboxylic acids is 6. The molecule has 31 heavy (non-hydrogen) atoms. The van der Waals surface area contributed by atoms with E-state index in [0.29, 0.717) is 0 Å². The van der Waals surface area contributed by atoms with Gasteiger partial charge in [-0.1, -0.05) is 0 Å². The van der Waals surface area contributed by atoms with Gasteiger partial charge in [-0.2, -0.15) is 0 Å². The molecule has 3 atom stereocenters. The highest BCUT2D eigenvalue weighted by Crippen LogP contribution is 2.01. The number of carbonyl (C=O) groups is 7. The van der Waals surface area contributed by atoms with Crippen LogP contribution in [0.3, 0.4) is 0 Å². The number of carboxylic acids is 1. The largest absolute Gasteiger partial charge is 0.480 e. The van der Waals surface area contributed by atoms with Crippen LogP contribution >= 0.6 is 0 Å². The Morgan fingerprint density at radius 2 is 1.29 bits per heavy atom. The van der Waals surface area contributed by atoms with Gasteiger partial charge in [-0.15, -0.1) is 0 Å². The van der Waals surface area contributed by atoms with Crippen molar-refractivity contribution in [2.24, 2.45) is 22.9 Å². The second-order valence-corrected chi connectivity index (χ2v) is 6.52. The highest BCUT2D eigenvalue weighted by atomic mass is 16.4. The second kappa shape index (κ2) is 13.5. The van der Waals surface area contributed by atoms with Crippen molar-refractivity contribution in [1.82, 2.24) is 16.0 Å². The highest BCUT2D eigenvalue weighted by molar-refractivity contribution is 5.95. The molecule has 0 rings (SSSR count). The molecule has 0 aliphatic rings. The lowest BCUT2D eigenvalue weighted by Gasteiger charge is -2.20. The van der Waals surface area contributed by atoms with Gasteiger partial charge in [0.05, 0.1) is 19.0 Å². The van der Waals surface area contributed by atoms with Crippen LogP contribution in [0.25, 0.3) is 0 Å². The Labute approximate surface area is 176 Å². The Balaban J connectivity index is 4.90. The molecule has 0 aromatic rings. The second-order valence-electron chi connectivity index (χ2n) is 6.52. The van der Waals surface area contributed by atoms with Gasteiger partial charge in [0, 0.05) is 12.8 Å². The number of primary amides is 3. The summed E-state index contributed by atoms with van der Waals surface area (Å²) in [6.45, 7) is -0.629. The summed E-state index contributed by atoms with van der Waals surface area (Å²) in [5, 5.41) is 15.5. The minimum Gasteiger partial charge on any atom is -0.480 e. The lowest BCUT2D eigenvalue weighted by Crippen LogP contribution is -2.54. The number of hydrogen-bond donors (Lipinski definition) is 8. The van der Waals surface area contributed by atoms with Gasteiger partial charge in [-0.05, 0) is 12.8 Å². The first-order chi connectivity index (χ1) is 14.3. The molecule has 0 saturated carbocycles. The van der Waals surface area contributed by atoms with Crippen LogP contribution in [0.4, 0.5) is 0 Å². The van der Waals surface area contributed by atoms with Crippen molar-refractivity contribution in [3.63, 3.8) is 0 Å². The zero-order chi connectivity index (χ0) is 24.1. The van der Waals surface area contributed by atoms with Crippen molar-refractivity contribution in [1.29, 1.82) is 0 Å². The van der Waals surface area contributed by atoms with Crippen molar-refractivity contribution < 1.29 is 38.7 Å². The van der Waals surface area contributed by atoms with Gasteiger partial charge in [-0.25, -0.2) is 4.79 Å². The number of amides is 6. The topological polar surface area (TPSA) is 280 Å². The molecule has 0 aliphatic heterocycles. The van der Waals surface area contributed by atoms with E-state index < -0.39 is 72.5 Å². The Morgan fingerprint density at radius 3 is 1.77 bits per heavy atom. The molecule has 0 aromatic heterocycles. The van der Waals surface area contributed by atoms with Crippen LogP contribution in [-0.2, 0) is 33.6 Å². The maximum atomic E-state index is 12.3. The van der Waals surface area contributed by atoms with Gasteiger partial charge < -0.3 is 44.0 Å². The molecule has 12 N–H and O–H groups in total. The Hall–Kier alpha value is -3.75. The fourth-order valence-corrected chi connectivity index (χ4v) is 2.20. The molecule has 174 valence electrons. The third-order valence-corrected chi connectivity index (χ3v) is 3.81. The molecule has 0 aromatic carbocycles. The van der Waals surface area contributed by atoms with E-state index in [0.717, 1.165) is 0 Å². The fraction of sp³-hybridized carbons (Fsp3) is 0.562. The summed E-state index contributed by atoms with van der Waals surface area (Å²) >= 11 is 0. The summed E-state index contributed by atoms with van der Waals surface area (Å²) < 4.78 is 0. The Kier molecular flexibility index (Phi) is 11.8. The monoisotopic (exact) mass is 445 g/mol.